The number of amides is 2. The maximum Gasteiger partial charge on any atom is 0.430 e. The number of piperidine rings is 2. The van der Waals surface area contributed by atoms with E-state index >= 15 is 0 Å². The molecule has 2 aromatic carbocycles. The first-order chi connectivity index (χ1) is 16.4. The van der Waals surface area contributed by atoms with Crippen LogP contribution < -0.4 is 5.32 Å². The lowest BCUT2D eigenvalue weighted by molar-refractivity contribution is -0.262. The van der Waals surface area contributed by atoms with E-state index in [0.29, 0.717) is 18.2 Å². The van der Waals surface area contributed by atoms with Crippen LogP contribution in [-0.4, -0.2) is 47.6 Å². The second-order valence-electron chi connectivity index (χ2n) is 9.08. The second kappa shape index (κ2) is 9.05. The number of halogens is 6. The van der Waals surface area contributed by atoms with Gasteiger partial charge in [0.2, 0.25) is 5.91 Å². The Morgan fingerprint density at radius 1 is 1.09 bits per heavy atom. The van der Waals surface area contributed by atoms with Crippen LogP contribution in [0.15, 0.2) is 42.5 Å². The van der Waals surface area contributed by atoms with Gasteiger partial charge in [0.1, 0.15) is 11.6 Å². The van der Waals surface area contributed by atoms with Crippen molar-refractivity contribution in [1.29, 1.82) is 0 Å². The molecule has 2 amide bonds. The molecule has 2 atom stereocenters. The molecule has 0 aliphatic carbocycles. The van der Waals surface area contributed by atoms with Gasteiger partial charge in [-0.05, 0) is 48.1 Å². The summed E-state index contributed by atoms with van der Waals surface area (Å²) in [6, 6.07) is 7.73. The maximum atomic E-state index is 14.0. The van der Waals surface area contributed by atoms with Crippen LogP contribution in [0.5, 0.6) is 0 Å². The van der Waals surface area contributed by atoms with Crippen LogP contribution in [0.2, 0.25) is 5.02 Å². The molecule has 5 nitrogen and oxygen atoms in total. The molecular formula is C24H22ClF5N2O3. The Balaban J connectivity index is 1.61. The second-order valence-corrected chi connectivity index (χ2v) is 9.48. The molecule has 2 saturated heterocycles. The summed E-state index contributed by atoms with van der Waals surface area (Å²) in [7, 11) is 0. The summed E-state index contributed by atoms with van der Waals surface area (Å²) in [4.78, 5) is 26.2. The third-order valence-electron chi connectivity index (χ3n) is 7.13. The molecule has 4 rings (SSSR count). The predicted molar refractivity (Wildman–Crippen MR) is 116 cm³/mol. The van der Waals surface area contributed by atoms with Crippen molar-refractivity contribution in [3.8, 4) is 0 Å². The fraction of sp³-hybridized carbons (Fsp3) is 0.417. The van der Waals surface area contributed by atoms with Crippen molar-refractivity contribution in [3.63, 3.8) is 0 Å². The highest BCUT2D eigenvalue weighted by Gasteiger charge is 2.62. The van der Waals surface area contributed by atoms with Crippen molar-refractivity contribution in [2.75, 3.05) is 19.6 Å². The van der Waals surface area contributed by atoms with Crippen molar-refractivity contribution in [3.05, 3.63) is 70.2 Å². The highest BCUT2D eigenvalue weighted by atomic mass is 35.5. The number of hydrogen-bond acceptors (Lipinski definition) is 3. The van der Waals surface area contributed by atoms with E-state index in [4.69, 9.17) is 11.6 Å². The quantitative estimate of drug-likeness (QED) is 0.598. The minimum absolute atomic E-state index is 0.105. The molecule has 0 aromatic heterocycles. The van der Waals surface area contributed by atoms with Gasteiger partial charge in [0.25, 0.3) is 11.5 Å². The van der Waals surface area contributed by atoms with Crippen molar-refractivity contribution in [2.24, 2.45) is 5.41 Å². The standard InChI is InChI=1S/C24H22ClF5N2O3/c25-18-11-15(3-6-19(18)27)23(35,24(28,29)30)21(34)32-9-7-22(8-10-32)12-20(33)31-13-17(22)14-1-4-16(26)5-2-14/h1-6,11,17,35H,7-10,12-13H2,(H,31,33)/t17-,23-/m0/s1. The van der Waals surface area contributed by atoms with Crippen molar-refractivity contribution >= 4 is 23.4 Å². The van der Waals surface area contributed by atoms with E-state index in [-0.39, 0.29) is 50.7 Å². The number of benzene rings is 2. The lowest BCUT2D eigenvalue weighted by Crippen LogP contribution is -2.59. The van der Waals surface area contributed by atoms with Crippen molar-refractivity contribution in [1.82, 2.24) is 10.2 Å². The third kappa shape index (κ3) is 4.49. The number of nitrogens with zero attached hydrogens (tertiary/aromatic N) is 1. The van der Waals surface area contributed by atoms with E-state index < -0.39 is 45.3 Å². The molecule has 2 aliphatic rings. The lowest BCUT2D eigenvalue weighted by atomic mass is 9.62. The summed E-state index contributed by atoms with van der Waals surface area (Å²) in [6.45, 7) is -0.00672. The minimum Gasteiger partial charge on any atom is -0.368 e. The highest BCUT2D eigenvalue weighted by molar-refractivity contribution is 6.30. The number of alkyl halides is 3. The summed E-state index contributed by atoms with van der Waals surface area (Å²) in [5.41, 5.74) is -4.68. The van der Waals surface area contributed by atoms with Gasteiger partial charge in [-0.1, -0.05) is 29.8 Å². The van der Waals surface area contributed by atoms with Crippen LogP contribution in [0.3, 0.4) is 0 Å². The molecule has 2 heterocycles. The van der Waals surface area contributed by atoms with E-state index in [2.05, 4.69) is 5.32 Å². The summed E-state index contributed by atoms with van der Waals surface area (Å²) < 4.78 is 69.0. The van der Waals surface area contributed by atoms with Gasteiger partial charge in [0, 0.05) is 37.5 Å². The largest absolute Gasteiger partial charge is 0.430 e. The Labute approximate surface area is 202 Å². The number of likely N-dealkylation sites (tertiary alicyclic amines) is 1. The predicted octanol–water partition coefficient (Wildman–Crippen LogP) is 4.28. The first kappa shape index (κ1) is 25.4. The van der Waals surface area contributed by atoms with Crippen LogP contribution in [-0.2, 0) is 15.2 Å². The van der Waals surface area contributed by atoms with Crippen LogP contribution >= 0.6 is 11.6 Å². The molecule has 0 unspecified atom stereocenters. The molecule has 0 radical (unpaired) electrons. The van der Waals surface area contributed by atoms with Crippen molar-refractivity contribution < 1.29 is 36.6 Å². The average Bonchev–Trinajstić information content (AvgIpc) is 2.80. The molecule has 11 heteroatoms. The molecular weight excluding hydrogens is 495 g/mol. The van der Waals surface area contributed by atoms with Gasteiger partial charge in [-0.25, -0.2) is 8.78 Å². The van der Waals surface area contributed by atoms with E-state index in [1.807, 2.05) is 0 Å². The molecule has 2 aromatic rings. The number of carbonyl (C=O) groups is 2. The van der Waals surface area contributed by atoms with Gasteiger partial charge in [0.15, 0.2) is 0 Å². The molecule has 35 heavy (non-hydrogen) atoms. The van der Waals surface area contributed by atoms with E-state index in [9.17, 15) is 36.6 Å². The Kier molecular flexibility index (Phi) is 6.56. The van der Waals surface area contributed by atoms with E-state index in [1.54, 1.807) is 12.1 Å². The minimum atomic E-state index is -5.40. The fourth-order valence-electron chi connectivity index (χ4n) is 5.14. The zero-order valence-corrected chi connectivity index (χ0v) is 19.1. The summed E-state index contributed by atoms with van der Waals surface area (Å²) in [5, 5.41) is 12.8. The molecule has 1 spiro atoms. The topological polar surface area (TPSA) is 69.6 Å². The monoisotopic (exact) mass is 516 g/mol. The Hall–Kier alpha value is -2.72. The Bertz CT molecular complexity index is 1130. The third-order valence-corrected chi connectivity index (χ3v) is 7.42. The zero-order chi connectivity index (χ0) is 25.6. The summed E-state index contributed by atoms with van der Waals surface area (Å²) in [5.74, 6) is -3.45. The summed E-state index contributed by atoms with van der Waals surface area (Å²) in [6.07, 6.45) is -4.89. The van der Waals surface area contributed by atoms with Crippen LogP contribution in [0, 0.1) is 17.0 Å². The van der Waals surface area contributed by atoms with Gasteiger partial charge in [0.05, 0.1) is 5.02 Å². The first-order valence-electron chi connectivity index (χ1n) is 10.9. The normalized spacial score (nSPS) is 22.0. The van der Waals surface area contributed by atoms with Crippen LogP contribution in [0.25, 0.3) is 0 Å². The van der Waals surface area contributed by atoms with Gasteiger partial charge >= 0.3 is 6.18 Å². The van der Waals surface area contributed by atoms with Crippen LogP contribution in [0.1, 0.15) is 36.3 Å². The molecule has 0 saturated carbocycles. The number of nitrogens with one attached hydrogen (secondary N) is 1. The lowest BCUT2D eigenvalue weighted by Gasteiger charge is -2.50. The molecule has 2 aliphatic heterocycles. The van der Waals surface area contributed by atoms with Crippen LogP contribution in [0.4, 0.5) is 22.0 Å². The van der Waals surface area contributed by atoms with Gasteiger partial charge in [-0.15, -0.1) is 0 Å². The van der Waals surface area contributed by atoms with E-state index in [1.165, 1.54) is 12.1 Å². The summed E-state index contributed by atoms with van der Waals surface area (Å²) >= 11 is 5.62. The SMILES string of the molecule is O=C1CC2(CCN(C(=O)[C@@](O)(c3ccc(F)c(Cl)c3)C(F)(F)F)CC2)[C@H](c2ccc(F)cc2)CN1. The van der Waals surface area contributed by atoms with Gasteiger partial charge in [-0.2, -0.15) is 13.2 Å². The van der Waals surface area contributed by atoms with Gasteiger partial charge < -0.3 is 15.3 Å². The number of aliphatic hydroxyl groups is 1. The molecule has 2 N–H and O–H groups in total. The number of rotatable bonds is 3. The highest BCUT2D eigenvalue weighted by Crippen LogP contribution is 2.50. The smallest absolute Gasteiger partial charge is 0.368 e. The van der Waals surface area contributed by atoms with E-state index in [0.717, 1.165) is 10.5 Å². The molecule has 2 fully saturated rings. The van der Waals surface area contributed by atoms with Gasteiger partial charge in [-0.3, -0.25) is 9.59 Å². The molecule has 0 bridgehead atoms. The number of carbonyl (C=O) groups excluding carboxylic acids is 2. The Morgan fingerprint density at radius 3 is 2.29 bits per heavy atom. The fourth-order valence-corrected chi connectivity index (χ4v) is 5.32. The number of hydrogen-bond donors (Lipinski definition) is 2. The first-order valence-corrected chi connectivity index (χ1v) is 11.3. The zero-order valence-electron chi connectivity index (χ0n) is 18.3. The van der Waals surface area contributed by atoms with Crippen molar-refractivity contribution in [2.45, 2.75) is 37.0 Å². The average molecular weight is 517 g/mol. The Morgan fingerprint density at radius 2 is 1.71 bits per heavy atom. The maximum absolute atomic E-state index is 14.0. The molecule has 188 valence electrons.